The Morgan fingerprint density at radius 2 is 2.13 bits per heavy atom. The minimum atomic E-state index is 0.153. The van der Waals surface area contributed by atoms with Crippen LogP contribution in [0.1, 0.15) is 26.7 Å². The van der Waals surface area contributed by atoms with Crippen LogP contribution >= 0.6 is 0 Å². The monoisotopic (exact) mass is 209 g/mol. The summed E-state index contributed by atoms with van der Waals surface area (Å²) in [6.07, 6.45) is 5.39. The Kier molecular flexibility index (Phi) is 5.04. The van der Waals surface area contributed by atoms with Gasteiger partial charge in [0.05, 0.1) is 6.61 Å². The van der Waals surface area contributed by atoms with E-state index in [0.29, 0.717) is 12.6 Å². The number of anilines is 1. The zero-order chi connectivity index (χ0) is 11.1. The standard InChI is InChI=1S/C11H19N3O/c1-3-10(4-2)14(7-8-15)11-5-6-12-9-13-11/h5-6,9-10,15H,3-4,7-8H2,1-2H3. The second-order valence-electron chi connectivity index (χ2n) is 3.45. The van der Waals surface area contributed by atoms with Gasteiger partial charge in [-0.05, 0) is 18.9 Å². The van der Waals surface area contributed by atoms with Gasteiger partial charge in [-0.15, -0.1) is 0 Å². The van der Waals surface area contributed by atoms with E-state index in [-0.39, 0.29) is 6.61 Å². The van der Waals surface area contributed by atoms with Gasteiger partial charge in [0.1, 0.15) is 12.1 Å². The van der Waals surface area contributed by atoms with Gasteiger partial charge < -0.3 is 10.0 Å². The average Bonchev–Trinajstić information content (AvgIpc) is 2.30. The molecule has 0 atom stereocenters. The second kappa shape index (κ2) is 6.35. The molecule has 1 N–H and O–H groups in total. The number of hydrogen-bond donors (Lipinski definition) is 1. The summed E-state index contributed by atoms with van der Waals surface area (Å²) < 4.78 is 0. The first-order valence-electron chi connectivity index (χ1n) is 5.47. The number of hydrogen-bond acceptors (Lipinski definition) is 4. The van der Waals surface area contributed by atoms with Gasteiger partial charge in [-0.2, -0.15) is 0 Å². The highest BCUT2D eigenvalue weighted by Gasteiger charge is 2.15. The third-order valence-corrected chi connectivity index (χ3v) is 2.58. The molecule has 0 aliphatic rings. The van der Waals surface area contributed by atoms with Crippen LogP contribution in [0.5, 0.6) is 0 Å². The van der Waals surface area contributed by atoms with E-state index in [1.165, 1.54) is 0 Å². The molecule has 4 heteroatoms. The van der Waals surface area contributed by atoms with E-state index in [1.54, 1.807) is 12.5 Å². The molecule has 0 aliphatic carbocycles. The minimum absolute atomic E-state index is 0.153. The molecule has 1 heterocycles. The first-order valence-corrected chi connectivity index (χ1v) is 5.47. The van der Waals surface area contributed by atoms with Crippen LogP contribution in [0, 0.1) is 0 Å². The highest BCUT2D eigenvalue weighted by Crippen LogP contribution is 2.16. The van der Waals surface area contributed by atoms with Gasteiger partial charge in [0.2, 0.25) is 0 Å². The Labute approximate surface area is 91.0 Å². The molecule has 84 valence electrons. The molecule has 0 fully saturated rings. The van der Waals surface area contributed by atoms with Crippen molar-refractivity contribution in [3.05, 3.63) is 18.6 Å². The fourth-order valence-corrected chi connectivity index (χ4v) is 1.77. The second-order valence-corrected chi connectivity index (χ2v) is 3.45. The maximum Gasteiger partial charge on any atom is 0.132 e. The van der Waals surface area contributed by atoms with E-state index in [9.17, 15) is 0 Å². The Hall–Kier alpha value is -1.16. The zero-order valence-corrected chi connectivity index (χ0v) is 9.43. The third-order valence-electron chi connectivity index (χ3n) is 2.58. The number of nitrogens with zero attached hydrogens (tertiary/aromatic N) is 3. The van der Waals surface area contributed by atoms with Crippen LogP contribution in [0.25, 0.3) is 0 Å². The van der Waals surface area contributed by atoms with Crippen LogP contribution in [0.3, 0.4) is 0 Å². The highest BCUT2D eigenvalue weighted by atomic mass is 16.3. The zero-order valence-electron chi connectivity index (χ0n) is 9.43. The Bertz CT molecular complexity index is 262. The molecule has 0 bridgehead atoms. The normalized spacial score (nSPS) is 10.7. The minimum Gasteiger partial charge on any atom is -0.395 e. The maximum absolute atomic E-state index is 9.05. The Balaban J connectivity index is 2.81. The molecule has 0 radical (unpaired) electrons. The largest absolute Gasteiger partial charge is 0.395 e. The lowest BCUT2D eigenvalue weighted by Crippen LogP contribution is -2.37. The summed E-state index contributed by atoms with van der Waals surface area (Å²) >= 11 is 0. The summed E-state index contributed by atoms with van der Waals surface area (Å²) in [5, 5.41) is 9.05. The van der Waals surface area contributed by atoms with Crippen molar-refractivity contribution in [1.82, 2.24) is 9.97 Å². The molecule has 0 aromatic carbocycles. The van der Waals surface area contributed by atoms with Crippen molar-refractivity contribution < 1.29 is 5.11 Å². The third kappa shape index (κ3) is 3.16. The lowest BCUT2D eigenvalue weighted by atomic mass is 10.1. The smallest absolute Gasteiger partial charge is 0.132 e. The molecule has 15 heavy (non-hydrogen) atoms. The van der Waals surface area contributed by atoms with Gasteiger partial charge in [-0.3, -0.25) is 0 Å². The van der Waals surface area contributed by atoms with Crippen molar-refractivity contribution in [2.75, 3.05) is 18.1 Å². The SMILES string of the molecule is CCC(CC)N(CCO)c1ccncn1. The van der Waals surface area contributed by atoms with Crippen molar-refractivity contribution in [2.45, 2.75) is 32.7 Å². The van der Waals surface area contributed by atoms with E-state index in [2.05, 4.69) is 28.7 Å². The number of aliphatic hydroxyl groups excluding tert-OH is 1. The van der Waals surface area contributed by atoms with Crippen molar-refractivity contribution in [1.29, 1.82) is 0 Å². The summed E-state index contributed by atoms with van der Waals surface area (Å²) in [5.41, 5.74) is 0. The summed E-state index contributed by atoms with van der Waals surface area (Å²) in [7, 11) is 0. The van der Waals surface area contributed by atoms with Crippen molar-refractivity contribution in [3.8, 4) is 0 Å². The quantitative estimate of drug-likeness (QED) is 0.770. The van der Waals surface area contributed by atoms with Gasteiger partial charge in [-0.1, -0.05) is 13.8 Å². The first-order chi connectivity index (χ1) is 7.33. The van der Waals surface area contributed by atoms with Gasteiger partial charge in [0.15, 0.2) is 0 Å². The number of aliphatic hydroxyl groups is 1. The van der Waals surface area contributed by atoms with E-state index in [4.69, 9.17) is 5.11 Å². The fourth-order valence-electron chi connectivity index (χ4n) is 1.77. The van der Waals surface area contributed by atoms with Gasteiger partial charge >= 0.3 is 0 Å². The molecule has 0 aliphatic heterocycles. The van der Waals surface area contributed by atoms with E-state index < -0.39 is 0 Å². The first kappa shape index (κ1) is 11.9. The van der Waals surface area contributed by atoms with E-state index in [1.807, 2.05) is 6.07 Å². The van der Waals surface area contributed by atoms with Gasteiger partial charge in [0.25, 0.3) is 0 Å². The van der Waals surface area contributed by atoms with Gasteiger partial charge in [-0.25, -0.2) is 9.97 Å². The van der Waals surface area contributed by atoms with Crippen molar-refractivity contribution in [3.63, 3.8) is 0 Å². The number of aromatic nitrogens is 2. The predicted molar refractivity (Wildman–Crippen MR) is 60.8 cm³/mol. The summed E-state index contributed by atoms with van der Waals surface area (Å²) in [5.74, 6) is 0.896. The predicted octanol–water partition coefficient (Wildman–Crippen LogP) is 1.46. The molecule has 1 rings (SSSR count). The Morgan fingerprint density at radius 1 is 1.40 bits per heavy atom. The van der Waals surface area contributed by atoms with Crippen LogP contribution in [-0.2, 0) is 0 Å². The molecule has 0 saturated heterocycles. The van der Waals surface area contributed by atoms with Crippen molar-refractivity contribution >= 4 is 5.82 Å². The van der Waals surface area contributed by atoms with Crippen LogP contribution < -0.4 is 4.90 Å². The Morgan fingerprint density at radius 3 is 2.60 bits per heavy atom. The molecule has 1 aromatic rings. The summed E-state index contributed by atoms with van der Waals surface area (Å²) in [4.78, 5) is 10.3. The summed E-state index contributed by atoms with van der Waals surface area (Å²) in [6, 6.07) is 2.32. The fraction of sp³-hybridized carbons (Fsp3) is 0.636. The molecular weight excluding hydrogens is 190 g/mol. The van der Waals surface area contributed by atoms with Crippen molar-refractivity contribution in [2.24, 2.45) is 0 Å². The molecule has 0 spiro atoms. The molecule has 0 unspecified atom stereocenters. The molecule has 4 nitrogen and oxygen atoms in total. The van der Waals surface area contributed by atoms with E-state index >= 15 is 0 Å². The van der Waals surface area contributed by atoms with Crippen LogP contribution in [0.4, 0.5) is 5.82 Å². The lowest BCUT2D eigenvalue weighted by molar-refractivity contribution is 0.295. The van der Waals surface area contributed by atoms with Crippen LogP contribution in [-0.4, -0.2) is 34.3 Å². The molecule has 0 saturated carbocycles. The molecule has 0 amide bonds. The maximum atomic E-state index is 9.05. The average molecular weight is 209 g/mol. The summed E-state index contributed by atoms with van der Waals surface area (Å²) in [6.45, 7) is 5.09. The van der Waals surface area contributed by atoms with Crippen LogP contribution in [0.2, 0.25) is 0 Å². The molecular formula is C11H19N3O. The lowest BCUT2D eigenvalue weighted by Gasteiger charge is -2.30. The van der Waals surface area contributed by atoms with E-state index in [0.717, 1.165) is 18.7 Å². The molecule has 1 aromatic heterocycles. The topological polar surface area (TPSA) is 49.2 Å². The highest BCUT2D eigenvalue weighted by molar-refractivity contribution is 5.37. The van der Waals surface area contributed by atoms with Gasteiger partial charge in [0, 0.05) is 18.8 Å². The van der Waals surface area contributed by atoms with Crippen LogP contribution in [0.15, 0.2) is 18.6 Å². The number of rotatable bonds is 6.